The number of unbranched alkanes of at least 4 members (excludes halogenated alkanes) is 6. The van der Waals surface area contributed by atoms with Gasteiger partial charge >= 0.3 is 7.75 Å². The van der Waals surface area contributed by atoms with Crippen LogP contribution in [0, 0.1) is 0 Å². The number of nitrogens with one attached hydrogen (secondary N) is 1. The lowest BCUT2D eigenvalue weighted by atomic mass is 10.0. The number of aliphatic hydroxyl groups excluding tert-OH is 1. The van der Waals surface area contributed by atoms with Crippen molar-refractivity contribution in [3.05, 3.63) is 0 Å². The maximum atomic E-state index is 12.6. The number of nitrogens with zero attached hydrogens (tertiary/aromatic N) is 2. The Labute approximate surface area is 190 Å². The minimum atomic E-state index is -4.01. The molecule has 0 aromatic heterocycles. The van der Waals surface area contributed by atoms with Crippen molar-refractivity contribution >= 4 is 13.7 Å². The summed E-state index contributed by atoms with van der Waals surface area (Å²) in [5, 5.41) is 13.6. The highest BCUT2D eigenvalue weighted by molar-refractivity contribution is 7.50. The fraction of sp³-hybridized carbons (Fsp3) is 0.955. The van der Waals surface area contributed by atoms with Crippen LogP contribution in [0.15, 0.2) is 0 Å². The molecule has 0 aromatic rings. The first kappa shape index (κ1) is 30.5. The molecular formula is C22H49N3O5P+. The summed E-state index contributed by atoms with van der Waals surface area (Å²) in [6.07, 6.45) is 8.33. The molecule has 0 saturated heterocycles. The van der Waals surface area contributed by atoms with Crippen LogP contribution in [0.2, 0.25) is 0 Å². The lowest BCUT2D eigenvalue weighted by Gasteiger charge is -2.31. The van der Waals surface area contributed by atoms with E-state index < -0.39 is 19.9 Å². The van der Waals surface area contributed by atoms with Gasteiger partial charge in [0.15, 0.2) is 0 Å². The van der Waals surface area contributed by atoms with Crippen LogP contribution in [0.3, 0.4) is 0 Å². The maximum absolute atomic E-state index is 12.6. The zero-order chi connectivity index (χ0) is 23.9. The summed E-state index contributed by atoms with van der Waals surface area (Å²) in [6.45, 7) is 5.03. The third-order valence-corrected chi connectivity index (χ3v) is 6.88. The normalized spacial score (nSPS) is 16.2. The summed E-state index contributed by atoms with van der Waals surface area (Å²) in [5.74, 6) is -0.129. The number of hydrogen-bond acceptors (Lipinski definition) is 4. The highest BCUT2D eigenvalue weighted by atomic mass is 31.2. The van der Waals surface area contributed by atoms with Crippen LogP contribution in [-0.4, -0.2) is 85.1 Å². The first-order chi connectivity index (χ1) is 14.4. The highest BCUT2D eigenvalue weighted by Gasteiger charge is 2.32. The lowest BCUT2D eigenvalue weighted by molar-refractivity contribution is -0.870. The summed E-state index contributed by atoms with van der Waals surface area (Å²) >= 11 is 0. The monoisotopic (exact) mass is 466 g/mol. The van der Waals surface area contributed by atoms with E-state index in [2.05, 4.69) is 19.2 Å². The van der Waals surface area contributed by atoms with Crippen molar-refractivity contribution in [1.29, 1.82) is 0 Å². The Balaban J connectivity index is 4.91. The zero-order valence-electron chi connectivity index (χ0n) is 20.8. The zero-order valence-corrected chi connectivity index (χ0v) is 21.7. The number of carbonyl (C=O) groups excluding carboxylic acids is 1. The van der Waals surface area contributed by atoms with Gasteiger partial charge < -0.3 is 19.8 Å². The van der Waals surface area contributed by atoms with Crippen molar-refractivity contribution in [2.75, 3.05) is 47.9 Å². The first-order valence-corrected chi connectivity index (χ1v) is 13.4. The summed E-state index contributed by atoms with van der Waals surface area (Å²) in [5.41, 5.74) is 0. The second-order valence-corrected chi connectivity index (χ2v) is 11.5. The Kier molecular flexibility index (Phi) is 15.9. The van der Waals surface area contributed by atoms with Crippen molar-refractivity contribution in [2.24, 2.45) is 0 Å². The quantitative estimate of drug-likeness (QED) is 0.153. The van der Waals surface area contributed by atoms with Crippen LogP contribution in [0.4, 0.5) is 0 Å². The van der Waals surface area contributed by atoms with Crippen LogP contribution < -0.4 is 5.32 Å². The predicted octanol–water partition coefficient (Wildman–Crippen LogP) is 3.53. The fourth-order valence-electron chi connectivity index (χ4n) is 3.16. The standard InChI is InChI=1S/C22H48N3O5P/c1-7-9-11-12-14-15-21(26)20(23-22(27)16-13-10-8-2)19-24(3)31(28,29)30-18-17-25(4,5)6/h20-21,26H,7-19H2,1-6H3,(H-,23,27,28,29)/p+1/t20-,21+/m0/s1. The molecule has 0 aliphatic carbocycles. The Hall–Kier alpha value is -0.500. The molecule has 0 saturated carbocycles. The third-order valence-electron chi connectivity index (χ3n) is 5.34. The van der Waals surface area contributed by atoms with E-state index in [0.29, 0.717) is 23.9 Å². The van der Waals surface area contributed by atoms with Gasteiger partial charge in [-0.25, -0.2) is 9.24 Å². The minimum absolute atomic E-state index is 0.0494. The Morgan fingerprint density at radius 1 is 1.06 bits per heavy atom. The molecule has 1 unspecified atom stereocenters. The van der Waals surface area contributed by atoms with Crippen molar-refractivity contribution in [3.8, 4) is 0 Å². The minimum Gasteiger partial charge on any atom is -0.391 e. The molecule has 9 heteroatoms. The topological polar surface area (TPSA) is 99.1 Å². The largest absolute Gasteiger partial charge is 0.405 e. The summed E-state index contributed by atoms with van der Waals surface area (Å²) in [6, 6.07) is -0.618. The van der Waals surface area contributed by atoms with E-state index >= 15 is 0 Å². The maximum Gasteiger partial charge on any atom is 0.405 e. The van der Waals surface area contributed by atoms with E-state index in [-0.39, 0.29) is 19.1 Å². The summed E-state index contributed by atoms with van der Waals surface area (Å²) < 4.78 is 19.8. The van der Waals surface area contributed by atoms with E-state index in [0.717, 1.165) is 44.9 Å². The number of rotatable bonds is 19. The first-order valence-electron chi connectivity index (χ1n) is 11.9. The van der Waals surface area contributed by atoms with Gasteiger partial charge in [-0.3, -0.25) is 9.32 Å². The molecule has 0 rings (SSSR count). The molecule has 0 heterocycles. The van der Waals surface area contributed by atoms with Crippen molar-refractivity contribution in [2.45, 2.75) is 90.2 Å². The number of quaternary nitrogens is 1. The molecule has 8 nitrogen and oxygen atoms in total. The van der Waals surface area contributed by atoms with Crippen molar-refractivity contribution < 1.29 is 28.4 Å². The van der Waals surface area contributed by atoms with Gasteiger partial charge in [0.25, 0.3) is 0 Å². The van der Waals surface area contributed by atoms with E-state index in [1.807, 2.05) is 21.1 Å². The van der Waals surface area contributed by atoms with Gasteiger partial charge in [0.05, 0.1) is 33.3 Å². The van der Waals surface area contributed by atoms with Crippen LogP contribution in [0.25, 0.3) is 0 Å². The Morgan fingerprint density at radius 2 is 1.65 bits per heavy atom. The van der Waals surface area contributed by atoms with Crippen molar-refractivity contribution in [3.63, 3.8) is 0 Å². The predicted molar refractivity (Wildman–Crippen MR) is 127 cm³/mol. The average molecular weight is 467 g/mol. The van der Waals surface area contributed by atoms with E-state index in [1.54, 1.807) is 0 Å². The second-order valence-electron chi connectivity index (χ2n) is 9.58. The molecule has 0 fully saturated rings. The molecule has 1 amide bonds. The summed E-state index contributed by atoms with van der Waals surface area (Å²) in [4.78, 5) is 22.7. The van der Waals surface area contributed by atoms with Gasteiger partial charge in [-0.2, -0.15) is 0 Å². The third kappa shape index (κ3) is 15.9. The Bertz CT molecular complexity index is 528. The van der Waals surface area contributed by atoms with E-state index in [4.69, 9.17) is 4.52 Å². The molecule has 0 aliphatic heterocycles. The van der Waals surface area contributed by atoms with Gasteiger partial charge in [-0.05, 0) is 19.9 Å². The molecule has 3 N–H and O–H groups in total. The molecule has 3 atom stereocenters. The second kappa shape index (κ2) is 16.2. The Morgan fingerprint density at radius 3 is 2.23 bits per heavy atom. The molecule has 186 valence electrons. The molecule has 0 aromatic carbocycles. The van der Waals surface area contributed by atoms with Crippen LogP contribution in [0.1, 0.15) is 78.1 Å². The SMILES string of the molecule is CCCCCCC[C@@H](O)[C@H](CN(C)P(=O)(O)OCC[N+](C)(C)C)NC(=O)CCCCC. The van der Waals surface area contributed by atoms with Gasteiger partial charge in [0.1, 0.15) is 13.2 Å². The number of amides is 1. The average Bonchev–Trinajstić information content (AvgIpc) is 2.66. The molecule has 31 heavy (non-hydrogen) atoms. The lowest BCUT2D eigenvalue weighted by Crippen LogP contribution is -2.49. The van der Waals surface area contributed by atoms with E-state index in [9.17, 15) is 19.4 Å². The fourth-order valence-corrected chi connectivity index (χ4v) is 4.06. The molecule has 0 bridgehead atoms. The molecular weight excluding hydrogens is 417 g/mol. The highest BCUT2D eigenvalue weighted by Crippen LogP contribution is 2.45. The van der Waals surface area contributed by atoms with Gasteiger partial charge in [-0.15, -0.1) is 0 Å². The smallest absolute Gasteiger partial charge is 0.391 e. The van der Waals surface area contributed by atoms with Crippen LogP contribution in [-0.2, 0) is 13.9 Å². The van der Waals surface area contributed by atoms with Gasteiger partial charge in [0.2, 0.25) is 5.91 Å². The number of hydrogen-bond donors (Lipinski definition) is 3. The molecule has 0 radical (unpaired) electrons. The van der Waals surface area contributed by atoms with Crippen LogP contribution >= 0.6 is 7.75 Å². The van der Waals surface area contributed by atoms with Crippen LogP contribution in [0.5, 0.6) is 0 Å². The van der Waals surface area contributed by atoms with Gasteiger partial charge in [0, 0.05) is 13.0 Å². The number of aliphatic hydroxyl groups is 1. The van der Waals surface area contributed by atoms with Gasteiger partial charge in [-0.1, -0.05) is 58.8 Å². The molecule has 0 spiro atoms. The number of carbonyl (C=O) groups is 1. The molecule has 0 aliphatic rings. The van der Waals surface area contributed by atoms with Crippen molar-refractivity contribution in [1.82, 2.24) is 9.99 Å². The van der Waals surface area contributed by atoms with E-state index in [1.165, 1.54) is 18.1 Å². The number of likely N-dealkylation sites (N-methyl/N-ethyl adjacent to an activating group) is 2. The summed E-state index contributed by atoms with van der Waals surface area (Å²) in [7, 11) is 3.43.